The summed E-state index contributed by atoms with van der Waals surface area (Å²) in [6.45, 7) is 1.21. The van der Waals surface area contributed by atoms with Gasteiger partial charge in [0.1, 0.15) is 11.6 Å². The van der Waals surface area contributed by atoms with Crippen LogP contribution in [-0.2, 0) is 19.5 Å². The van der Waals surface area contributed by atoms with E-state index < -0.39 is 26.6 Å². The Hall–Kier alpha value is -1.09. The van der Waals surface area contributed by atoms with Crippen molar-refractivity contribution >= 4 is 10.0 Å². The number of sulfonamides is 1. The van der Waals surface area contributed by atoms with Crippen LogP contribution in [0.5, 0.6) is 0 Å². The van der Waals surface area contributed by atoms with Gasteiger partial charge in [0.05, 0.1) is 13.2 Å². The number of hydrogen-bond donors (Lipinski definition) is 1. The molecule has 20 heavy (non-hydrogen) atoms. The fourth-order valence-corrected chi connectivity index (χ4v) is 2.64. The molecule has 0 heterocycles. The third-order valence-corrected chi connectivity index (χ3v) is 3.89. The standard InChI is InChI=1S/C12H17F2NO4S/c1-18-8-9-19-7-3-6-15-20(16,17)12-10(13)4-2-5-11(12)14/h2,4-5,15H,3,6-9H2,1H3. The first-order valence-electron chi connectivity index (χ1n) is 5.99. The maximum absolute atomic E-state index is 13.4. The normalized spacial score (nSPS) is 11.8. The van der Waals surface area contributed by atoms with Crippen molar-refractivity contribution in [1.29, 1.82) is 0 Å². The van der Waals surface area contributed by atoms with E-state index in [9.17, 15) is 17.2 Å². The molecule has 0 fully saturated rings. The Labute approximate surface area is 116 Å². The highest BCUT2D eigenvalue weighted by Crippen LogP contribution is 2.17. The molecule has 1 rings (SSSR count). The van der Waals surface area contributed by atoms with Crippen molar-refractivity contribution in [3.8, 4) is 0 Å². The first-order valence-corrected chi connectivity index (χ1v) is 7.47. The summed E-state index contributed by atoms with van der Waals surface area (Å²) < 4.78 is 62.3. The maximum Gasteiger partial charge on any atom is 0.246 e. The summed E-state index contributed by atoms with van der Waals surface area (Å²) in [4.78, 5) is -0.958. The van der Waals surface area contributed by atoms with Crippen LogP contribution in [0.1, 0.15) is 6.42 Å². The first-order chi connectivity index (χ1) is 9.49. The fraction of sp³-hybridized carbons (Fsp3) is 0.500. The minimum atomic E-state index is -4.20. The van der Waals surface area contributed by atoms with Gasteiger partial charge in [0.15, 0.2) is 4.90 Å². The van der Waals surface area contributed by atoms with Crippen LogP contribution >= 0.6 is 0 Å². The van der Waals surface area contributed by atoms with Gasteiger partial charge in [0.2, 0.25) is 10.0 Å². The Morgan fingerprint density at radius 1 is 1.15 bits per heavy atom. The van der Waals surface area contributed by atoms with Gasteiger partial charge in [0.25, 0.3) is 0 Å². The Morgan fingerprint density at radius 2 is 1.80 bits per heavy atom. The molecule has 0 spiro atoms. The van der Waals surface area contributed by atoms with Crippen LogP contribution < -0.4 is 4.72 Å². The lowest BCUT2D eigenvalue weighted by Gasteiger charge is -2.08. The lowest BCUT2D eigenvalue weighted by molar-refractivity contribution is 0.0699. The maximum atomic E-state index is 13.4. The first kappa shape index (κ1) is 17.0. The van der Waals surface area contributed by atoms with Gasteiger partial charge in [-0.3, -0.25) is 0 Å². The summed E-state index contributed by atoms with van der Waals surface area (Å²) in [5.41, 5.74) is 0. The van der Waals surface area contributed by atoms with Crippen molar-refractivity contribution in [3.05, 3.63) is 29.8 Å². The molecule has 0 aliphatic heterocycles. The van der Waals surface area contributed by atoms with Crippen LogP contribution in [0.15, 0.2) is 23.1 Å². The monoisotopic (exact) mass is 309 g/mol. The van der Waals surface area contributed by atoms with E-state index in [2.05, 4.69) is 4.72 Å². The summed E-state index contributed by atoms with van der Waals surface area (Å²) in [7, 11) is -2.66. The van der Waals surface area contributed by atoms with Crippen molar-refractivity contribution in [2.24, 2.45) is 0 Å². The summed E-state index contributed by atoms with van der Waals surface area (Å²) in [5, 5.41) is 0. The zero-order chi connectivity index (χ0) is 15.0. The van der Waals surface area contributed by atoms with E-state index in [1.165, 1.54) is 0 Å². The van der Waals surface area contributed by atoms with Gasteiger partial charge >= 0.3 is 0 Å². The Morgan fingerprint density at radius 3 is 2.40 bits per heavy atom. The highest BCUT2D eigenvalue weighted by molar-refractivity contribution is 7.89. The van der Waals surface area contributed by atoms with Crippen molar-refractivity contribution in [1.82, 2.24) is 4.72 Å². The van der Waals surface area contributed by atoms with Gasteiger partial charge in [-0.25, -0.2) is 21.9 Å². The van der Waals surface area contributed by atoms with E-state index in [0.29, 0.717) is 26.2 Å². The predicted molar refractivity (Wildman–Crippen MR) is 68.9 cm³/mol. The molecule has 0 bridgehead atoms. The summed E-state index contributed by atoms with van der Waals surface area (Å²) in [6, 6.07) is 2.89. The van der Waals surface area contributed by atoms with Crippen LogP contribution in [0, 0.1) is 11.6 Å². The number of hydrogen-bond acceptors (Lipinski definition) is 4. The summed E-state index contributed by atoms with van der Waals surface area (Å²) in [5.74, 6) is -2.23. The van der Waals surface area contributed by atoms with E-state index in [4.69, 9.17) is 9.47 Å². The molecular weight excluding hydrogens is 292 g/mol. The lowest BCUT2D eigenvalue weighted by Crippen LogP contribution is -2.27. The highest BCUT2D eigenvalue weighted by atomic mass is 32.2. The summed E-state index contributed by atoms with van der Waals surface area (Å²) in [6.07, 6.45) is 0.388. The van der Waals surface area contributed by atoms with E-state index in [-0.39, 0.29) is 6.54 Å². The van der Waals surface area contributed by atoms with Gasteiger partial charge in [-0.2, -0.15) is 0 Å². The molecule has 5 nitrogen and oxygen atoms in total. The largest absolute Gasteiger partial charge is 0.382 e. The molecule has 0 saturated carbocycles. The Balaban J connectivity index is 2.46. The third-order valence-electron chi connectivity index (χ3n) is 2.38. The average molecular weight is 309 g/mol. The molecular formula is C12H17F2NO4S. The second kappa shape index (κ2) is 8.25. The number of rotatable bonds is 9. The second-order valence-electron chi connectivity index (χ2n) is 3.91. The molecule has 0 unspecified atom stereocenters. The topological polar surface area (TPSA) is 64.6 Å². The van der Waals surface area contributed by atoms with Crippen LogP contribution in [0.4, 0.5) is 8.78 Å². The predicted octanol–water partition coefficient (Wildman–Crippen LogP) is 1.30. The number of halogens is 2. The lowest BCUT2D eigenvalue weighted by atomic mass is 10.3. The molecule has 0 amide bonds. The van der Waals surface area contributed by atoms with Gasteiger partial charge in [-0.15, -0.1) is 0 Å². The van der Waals surface area contributed by atoms with E-state index in [0.717, 1.165) is 18.2 Å². The third kappa shape index (κ3) is 5.12. The molecule has 8 heteroatoms. The number of methoxy groups -OCH3 is 1. The van der Waals surface area contributed by atoms with E-state index in [1.54, 1.807) is 7.11 Å². The van der Waals surface area contributed by atoms with Crippen molar-refractivity contribution < 1.29 is 26.7 Å². The molecule has 0 saturated heterocycles. The fourth-order valence-electron chi connectivity index (χ4n) is 1.44. The zero-order valence-electron chi connectivity index (χ0n) is 11.1. The minimum Gasteiger partial charge on any atom is -0.382 e. The van der Waals surface area contributed by atoms with Crippen molar-refractivity contribution in [2.75, 3.05) is 33.5 Å². The molecule has 0 aromatic heterocycles. The van der Waals surface area contributed by atoms with Gasteiger partial charge in [-0.1, -0.05) is 6.07 Å². The highest BCUT2D eigenvalue weighted by Gasteiger charge is 2.22. The Bertz CT molecular complexity index is 502. The van der Waals surface area contributed by atoms with Crippen LogP contribution in [-0.4, -0.2) is 41.9 Å². The number of ether oxygens (including phenoxy) is 2. The molecule has 0 aliphatic rings. The van der Waals surface area contributed by atoms with Crippen LogP contribution in [0.2, 0.25) is 0 Å². The van der Waals surface area contributed by atoms with Crippen LogP contribution in [0.25, 0.3) is 0 Å². The van der Waals surface area contributed by atoms with Gasteiger partial charge < -0.3 is 9.47 Å². The minimum absolute atomic E-state index is 0.0308. The van der Waals surface area contributed by atoms with Crippen LogP contribution in [0.3, 0.4) is 0 Å². The van der Waals surface area contributed by atoms with Gasteiger partial charge in [-0.05, 0) is 18.6 Å². The second-order valence-corrected chi connectivity index (χ2v) is 5.61. The quantitative estimate of drug-likeness (QED) is 0.698. The average Bonchev–Trinajstić information content (AvgIpc) is 2.37. The van der Waals surface area contributed by atoms with E-state index >= 15 is 0 Å². The smallest absolute Gasteiger partial charge is 0.246 e. The molecule has 0 radical (unpaired) electrons. The van der Waals surface area contributed by atoms with Gasteiger partial charge in [0, 0.05) is 20.3 Å². The molecule has 0 aliphatic carbocycles. The number of benzene rings is 1. The SMILES string of the molecule is COCCOCCCNS(=O)(=O)c1c(F)cccc1F. The van der Waals surface area contributed by atoms with E-state index in [1.807, 2.05) is 0 Å². The molecule has 1 aromatic carbocycles. The molecule has 114 valence electrons. The molecule has 1 N–H and O–H groups in total. The number of nitrogens with one attached hydrogen (secondary N) is 1. The van der Waals surface area contributed by atoms with Crippen molar-refractivity contribution in [2.45, 2.75) is 11.3 Å². The zero-order valence-corrected chi connectivity index (χ0v) is 11.9. The summed E-state index contributed by atoms with van der Waals surface area (Å²) >= 11 is 0. The van der Waals surface area contributed by atoms with Crippen molar-refractivity contribution in [3.63, 3.8) is 0 Å². The molecule has 0 atom stereocenters. The molecule has 1 aromatic rings. The Kier molecular flexibility index (Phi) is 7.00.